The number of amides is 1. The minimum Gasteiger partial charge on any atom is -0.394 e. The molecule has 0 bridgehead atoms. The van der Waals surface area contributed by atoms with Gasteiger partial charge in [-0.25, -0.2) is 0 Å². The third-order valence-electron chi connectivity index (χ3n) is 10.8. The molecule has 8 atom stereocenters. The molecular weight excluding hydrogens is 674 g/mol. The molecule has 1 fully saturated rings. The molecule has 1 aliphatic rings. The van der Waals surface area contributed by atoms with Crippen molar-refractivity contribution in [2.75, 3.05) is 13.2 Å². The van der Waals surface area contributed by atoms with Crippen LogP contribution in [0, 0.1) is 0 Å². The summed E-state index contributed by atoms with van der Waals surface area (Å²) >= 11 is 0. The highest BCUT2D eigenvalue weighted by molar-refractivity contribution is 5.80. The lowest BCUT2D eigenvalue weighted by Crippen LogP contribution is -2.60. The quantitative estimate of drug-likeness (QED) is 0.0255. The van der Waals surface area contributed by atoms with Crippen molar-refractivity contribution in [2.45, 2.75) is 243 Å². The zero-order chi connectivity index (χ0) is 39.1. The van der Waals surface area contributed by atoms with Gasteiger partial charge in [0.1, 0.15) is 30.5 Å². The van der Waals surface area contributed by atoms with Crippen molar-refractivity contribution in [2.24, 2.45) is 0 Å². The van der Waals surface area contributed by atoms with Gasteiger partial charge in [-0.3, -0.25) is 4.79 Å². The average molecular weight is 758 g/mol. The first-order valence-electron chi connectivity index (χ1n) is 21.9. The van der Waals surface area contributed by atoms with Crippen molar-refractivity contribution >= 4 is 5.91 Å². The van der Waals surface area contributed by atoms with Crippen molar-refractivity contribution in [3.05, 3.63) is 11.6 Å². The zero-order valence-electron chi connectivity index (χ0n) is 34.1. The van der Waals surface area contributed by atoms with E-state index in [0.717, 1.165) is 51.4 Å². The number of carbonyl (C=O) groups excluding carboxylic acids is 1. The topological polar surface area (TPSA) is 169 Å². The Bertz CT molecular complexity index is 888. The van der Waals surface area contributed by atoms with Crippen molar-refractivity contribution in [1.82, 2.24) is 5.32 Å². The Morgan fingerprint density at radius 3 is 1.70 bits per heavy atom. The van der Waals surface area contributed by atoms with Crippen LogP contribution in [-0.2, 0) is 14.3 Å². The van der Waals surface area contributed by atoms with Crippen molar-refractivity contribution in [3.63, 3.8) is 0 Å². The Morgan fingerprint density at radius 2 is 1.17 bits per heavy atom. The smallest absolute Gasteiger partial charge is 0.249 e. The third kappa shape index (κ3) is 24.2. The van der Waals surface area contributed by atoms with Gasteiger partial charge in [0.05, 0.1) is 25.4 Å². The molecule has 0 aliphatic carbocycles. The molecule has 0 radical (unpaired) electrons. The first-order chi connectivity index (χ1) is 25.7. The van der Waals surface area contributed by atoms with E-state index in [2.05, 4.69) is 32.2 Å². The molecule has 53 heavy (non-hydrogen) atoms. The maximum Gasteiger partial charge on any atom is 0.249 e. The van der Waals surface area contributed by atoms with E-state index in [9.17, 15) is 35.4 Å². The number of aliphatic hydroxyl groups excluding tert-OH is 6. The molecule has 0 spiro atoms. The van der Waals surface area contributed by atoms with E-state index in [1.54, 1.807) is 0 Å². The minimum atomic E-state index is -1.60. The van der Waals surface area contributed by atoms with Crippen LogP contribution < -0.4 is 5.32 Å². The highest BCUT2D eigenvalue weighted by Crippen LogP contribution is 2.23. The van der Waals surface area contributed by atoms with Crippen LogP contribution in [0.5, 0.6) is 0 Å². The summed E-state index contributed by atoms with van der Waals surface area (Å²) in [6.45, 7) is 5.81. The van der Waals surface area contributed by atoms with Gasteiger partial charge in [0, 0.05) is 0 Å². The summed E-state index contributed by atoms with van der Waals surface area (Å²) in [7, 11) is 0. The Kier molecular flexibility index (Phi) is 31.1. The molecule has 7 N–H and O–H groups in total. The number of aliphatic hydroxyl groups is 6. The summed E-state index contributed by atoms with van der Waals surface area (Å²) in [6.07, 6.45) is 23.4. The summed E-state index contributed by atoms with van der Waals surface area (Å²) in [5, 5.41) is 64.7. The lowest BCUT2D eigenvalue weighted by Gasteiger charge is -2.40. The summed E-state index contributed by atoms with van der Waals surface area (Å²) in [5.74, 6) is -0.593. The number of allylic oxidation sites excluding steroid dienone is 2. The Hall–Kier alpha value is -1.11. The highest BCUT2D eigenvalue weighted by Gasteiger charge is 2.44. The second kappa shape index (κ2) is 33.1. The number of nitrogens with one attached hydrogen (secondary N) is 1. The molecular formula is C43H83NO9. The molecule has 1 rings (SSSR count). The SMILES string of the molecule is CCCCCCCCCCCCCC(O)C(=O)NC(COC1OC(CO)C(O)C(O)C1O)C(O)CCCCC=C(C)CCCCCCCCCCCC. The molecule has 1 saturated heterocycles. The molecule has 0 aromatic heterocycles. The molecule has 0 aromatic carbocycles. The normalized spacial score (nSPS) is 22.5. The molecule has 1 amide bonds. The molecule has 314 valence electrons. The third-order valence-corrected chi connectivity index (χ3v) is 10.8. The number of hydrogen-bond donors (Lipinski definition) is 7. The van der Waals surface area contributed by atoms with E-state index in [4.69, 9.17) is 9.47 Å². The second-order valence-electron chi connectivity index (χ2n) is 15.8. The zero-order valence-corrected chi connectivity index (χ0v) is 34.1. The van der Waals surface area contributed by atoms with E-state index in [-0.39, 0.29) is 6.61 Å². The summed E-state index contributed by atoms with van der Waals surface area (Å²) < 4.78 is 11.2. The molecule has 1 aliphatic heterocycles. The lowest BCUT2D eigenvalue weighted by molar-refractivity contribution is -0.302. The van der Waals surface area contributed by atoms with E-state index >= 15 is 0 Å². The van der Waals surface area contributed by atoms with Crippen molar-refractivity contribution < 1.29 is 44.9 Å². The van der Waals surface area contributed by atoms with Gasteiger partial charge >= 0.3 is 0 Å². The van der Waals surface area contributed by atoms with Crippen LogP contribution in [-0.4, -0.2) is 98.7 Å². The fourth-order valence-electron chi connectivity index (χ4n) is 7.11. The maximum absolute atomic E-state index is 13.0. The monoisotopic (exact) mass is 758 g/mol. The summed E-state index contributed by atoms with van der Waals surface area (Å²) in [6, 6.07) is -0.907. The first-order valence-corrected chi connectivity index (χ1v) is 21.9. The maximum atomic E-state index is 13.0. The van der Waals surface area contributed by atoms with Gasteiger partial charge < -0.3 is 45.4 Å². The number of unbranched alkanes of at least 4 members (excludes halogenated alkanes) is 21. The average Bonchev–Trinajstić information content (AvgIpc) is 3.15. The lowest BCUT2D eigenvalue weighted by atomic mass is 9.99. The van der Waals surface area contributed by atoms with Gasteiger partial charge in [0.2, 0.25) is 5.91 Å². The number of rotatable bonds is 35. The van der Waals surface area contributed by atoms with Crippen LogP contribution in [0.1, 0.15) is 194 Å². The van der Waals surface area contributed by atoms with Gasteiger partial charge in [0.25, 0.3) is 0 Å². The minimum absolute atomic E-state index is 0.265. The van der Waals surface area contributed by atoms with E-state index < -0.39 is 61.5 Å². The molecule has 1 heterocycles. The van der Waals surface area contributed by atoms with Crippen LogP contribution in [0.25, 0.3) is 0 Å². The predicted octanol–water partition coefficient (Wildman–Crippen LogP) is 7.53. The molecule has 10 heteroatoms. The number of carbonyl (C=O) groups is 1. The van der Waals surface area contributed by atoms with Gasteiger partial charge in [0.15, 0.2) is 6.29 Å². The van der Waals surface area contributed by atoms with Crippen LogP contribution in [0.4, 0.5) is 0 Å². The van der Waals surface area contributed by atoms with Crippen molar-refractivity contribution in [1.29, 1.82) is 0 Å². The van der Waals surface area contributed by atoms with Crippen LogP contribution in [0.3, 0.4) is 0 Å². The van der Waals surface area contributed by atoms with Gasteiger partial charge in [-0.15, -0.1) is 0 Å². The van der Waals surface area contributed by atoms with Gasteiger partial charge in [-0.2, -0.15) is 0 Å². The van der Waals surface area contributed by atoms with E-state index in [1.807, 2.05) is 0 Å². The van der Waals surface area contributed by atoms with Gasteiger partial charge in [-0.05, 0) is 45.4 Å². The summed E-state index contributed by atoms with van der Waals surface area (Å²) in [4.78, 5) is 13.0. The highest BCUT2D eigenvalue weighted by atomic mass is 16.7. The van der Waals surface area contributed by atoms with E-state index in [1.165, 1.54) is 115 Å². The summed E-state index contributed by atoms with van der Waals surface area (Å²) in [5.41, 5.74) is 1.40. The molecule has 0 saturated carbocycles. The van der Waals surface area contributed by atoms with Crippen LogP contribution in [0.2, 0.25) is 0 Å². The molecule has 0 aromatic rings. The van der Waals surface area contributed by atoms with Crippen molar-refractivity contribution in [3.8, 4) is 0 Å². The first kappa shape index (κ1) is 49.9. The number of hydrogen-bond acceptors (Lipinski definition) is 9. The number of ether oxygens (including phenoxy) is 2. The van der Waals surface area contributed by atoms with Crippen LogP contribution in [0.15, 0.2) is 11.6 Å². The largest absolute Gasteiger partial charge is 0.394 e. The van der Waals surface area contributed by atoms with Crippen LogP contribution >= 0.6 is 0 Å². The Labute approximate surface area is 323 Å². The predicted molar refractivity (Wildman–Crippen MR) is 213 cm³/mol. The standard InChI is InChI=1S/C43H83NO9/c1-4-6-8-10-12-14-16-18-20-22-26-31-37(47)42(51)44-35(33-52-43-41(50)40(49)39(48)38(32-45)53-43)36(46)30-27-23-25-29-34(3)28-24-21-19-17-15-13-11-9-7-5-2/h29,35-41,43,45-50H,4-28,30-33H2,1-3H3,(H,44,51). The van der Waals surface area contributed by atoms with E-state index in [0.29, 0.717) is 12.8 Å². The molecule has 10 nitrogen and oxygen atoms in total. The van der Waals surface area contributed by atoms with Gasteiger partial charge in [-0.1, -0.05) is 160 Å². The Morgan fingerprint density at radius 1 is 0.679 bits per heavy atom. The second-order valence-corrected chi connectivity index (χ2v) is 15.8. The molecule has 8 unspecified atom stereocenters. The fraction of sp³-hybridized carbons (Fsp3) is 0.930. The fourth-order valence-corrected chi connectivity index (χ4v) is 7.11. The Balaban J connectivity index is 2.50.